The summed E-state index contributed by atoms with van der Waals surface area (Å²) in [5.74, 6) is 1.08. The van der Waals surface area contributed by atoms with Crippen LogP contribution in [-0.4, -0.2) is 55.2 Å². The van der Waals surface area contributed by atoms with E-state index in [0.29, 0.717) is 11.1 Å². The highest BCUT2D eigenvalue weighted by Crippen LogP contribution is 2.37. The van der Waals surface area contributed by atoms with E-state index in [-0.39, 0.29) is 0 Å². The highest BCUT2D eigenvalue weighted by atomic mass is 16.5. The minimum absolute atomic E-state index is 0.403. The van der Waals surface area contributed by atoms with Crippen LogP contribution in [0, 0.1) is 0 Å². The Bertz CT molecular complexity index is 2800. The van der Waals surface area contributed by atoms with Gasteiger partial charge in [0.05, 0.1) is 87.3 Å². The molecule has 0 unspecified atom stereocenters. The summed E-state index contributed by atoms with van der Waals surface area (Å²) in [6.45, 7) is 0. The number of imidazole rings is 2. The normalized spacial score (nSPS) is 12.0. The number of aromatic amines is 2. The summed E-state index contributed by atoms with van der Waals surface area (Å²) >= 11 is 0. The topological polar surface area (TPSA) is 128 Å². The summed E-state index contributed by atoms with van der Waals surface area (Å²) < 4.78 is 18.3. The fourth-order valence-corrected chi connectivity index (χ4v) is 7.95. The second-order valence-corrected chi connectivity index (χ2v) is 14.3. The summed E-state index contributed by atoms with van der Waals surface area (Å²) in [6.07, 6.45) is 16.3. The van der Waals surface area contributed by atoms with Crippen molar-refractivity contribution in [2.24, 2.45) is 28.2 Å². The lowest BCUT2D eigenvalue weighted by atomic mass is 10.0. The number of benzene rings is 2. The molecule has 12 nitrogen and oxygen atoms in total. The molecule has 8 bridgehead atoms. The molecule has 2 aliphatic heterocycles. The molecule has 5 aromatic heterocycles. The molecule has 9 rings (SSSR count). The first kappa shape index (κ1) is 36.1. The van der Waals surface area contributed by atoms with Gasteiger partial charge < -0.3 is 19.4 Å². The maximum absolute atomic E-state index is 12.4. The van der Waals surface area contributed by atoms with Crippen LogP contribution in [0.1, 0.15) is 43.5 Å². The van der Waals surface area contributed by atoms with Crippen molar-refractivity contribution in [3.8, 4) is 45.0 Å². The van der Waals surface area contributed by atoms with E-state index in [1.54, 1.807) is 24.3 Å². The number of fused-ring (bicyclic) bond motifs is 8. The van der Waals surface area contributed by atoms with E-state index in [4.69, 9.17) is 19.4 Å². The van der Waals surface area contributed by atoms with Gasteiger partial charge in [0.15, 0.2) is 0 Å². The summed E-state index contributed by atoms with van der Waals surface area (Å²) in [4.78, 5) is 43.1. The maximum atomic E-state index is 12.4. The average molecular weight is 769 g/mol. The lowest BCUT2D eigenvalue weighted by Crippen LogP contribution is -2.29. The van der Waals surface area contributed by atoms with Crippen LogP contribution in [0.4, 0.5) is 0 Å². The van der Waals surface area contributed by atoms with Crippen LogP contribution in [0.2, 0.25) is 0 Å². The highest BCUT2D eigenvalue weighted by molar-refractivity contribution is 5.99. The molecule has 12 heteroatoms. The molecule has 286 valence electrons. The third kappa shape index (κ3) is 6.02. The van der Waals surface area contributed by atoms with Gasteiger partial charge in [-0.1, -0.05) is 24.3 Å². The number of H-pyrrole nitrogens is 2. The van der Waals surface area contributed by atoms with Gasteiger partial charge in [-0.05, 0) is 84.0 Å². The second kappa shape index (κ2) is 14.2. The Morgan fingerprint density at radius 1 is 0.517 bits per heavy atom. The van der Waals surface area contributed by atoms with Crippen LogP contribution in [0.3, 0.4) is 0 Å². The zero-order valence-corrected chi connectivity index (χ0v) is 32.9. The third-order valence-corrected chi connectivity index (χ3v) is 10.8. The Hall–Kier alpha value is -7.60. The Kier molecular flexibility index (Phi) is 8.80. The zero-order chi connectivity index (χ0) is 40.2. The van der Waals surface area contributed by atoms with Crippen molar-refractivity contribution in [2.45, 2.75) is 0 Å². The van der Waals surface area contributed by atoms with Crippen LogP contribution in [-0.2, 0) is 37.7 Å². The van der Waals surface area contributed by atoms with E-state index in [1.165, 1.54) is 14.2 Å². The molecule has 2 N–H and O–H groups in total. The van der Waals surface area contributed by atoms with E-state index in [1.807, 2.05) is 102 Å². The molecule has 0 radical (unpaired) electrons. The number of nitrogens with one attached hydrogen (secondary N) is 2. The minimum atomic E-state index is -0.403. The van der Waals surface area contributed by atoms with Crippen molar-refractivity contribution in [2.75, 3.05) is 14.2 Å². The average Bonchev–Trinajstić information content (AvgIpc) is 4.12. The first-order valence-corrected chi connectivity index (χ1v) is 18.7. The molecule has 7 heterocycles. The maximum Gasteiger partial charge on any atom is 0.337 e. The van der Waals surface area contributed by atoms with Crippen LogP contribution in [0.5, 0.6) is 0 Å². The van der Waals surface area contributed by atoms with E-state index >= 15 is 0 Å². The third-order valence-electron chi connectivity index (χ3n) is 10.8. The van der Waals surface area contributed by atoms with Crippen molar-refractivity contribution in [3.05, 3.63) is 131 Å². The standard InChI is InChI=1S/C46H39N8O4/c1-51-23-24-52(2)43(51)41-35-19-15-31(47-35)39(27-7-11-29(12-8-27)45(55)57-5)33-17-21-37(49-33)42(44-53(3)25-26-54(44)4)38-22-18-34(50-38)40(32-16-20-36(41)48-32)28-9-13-30(14-10-28)46(56)58-6/h7-26H,1-6H3,(H,47,48,49,50)/q+1/p+1. The van der Waals surface area contributed by atoms with E-state index < -0.39 is 11.9 Å². The molecule has 0 spiro atoms. The molecular weight excluding hydrogens is 729 g/mol. The summed E-state index contributed by atoms with van der Waals surface area (Å²) in [5.41, 5.74) is 12.6. The van der Waals surface area contributed by atoms with Gasteiger partial charge in [0.1, 0.15) is 35.9 Å². The number of carbonyl (C=O) groups excluding carboxylic acids is 2. The molecular formula is C46H40N8O4+2. The van der Waals surface area contributed by atoms with E-state index in [2.05, 4.69) is 52.5 Å². The van der Waals surface area contributed by atoms with Crippen LogP contribution in [0.25, 0.3) is 91.4 Å². The van der Waals surface area contributed by atoms with Crippen molar-refractivity contribution in [1.29, 1.82) is 0 Å². The summed E-state index contributed by atoms with van der Waals surface area (Å²) in [7, 11) is 10.8. The lowest BCUT2D eigenvalue weighted by Gasteiger charge is -2.07. The van der Waals surface area contributed by atoms with Gasteiger partial charge in [0, 0.05) is 22.2 Å². The Morgan fingerprint density at radius 2 is 0.845 bits per heavy atom. The number of rotatable bonds is 6. The molecule has 7 aromatic rings. The number of carbonyl (C=O) groups is 2. The van der Waals surface area contributed by atoms with E-state index in [0.717, 1.165) is 89.9 Å². The van der Waals surface area contributed by atoms with Crippen molar-refractivity contribution in [3.63, 3.8) is 0 Å². The number of esters is 2. The number of methoxy groups -OCH3 is 2. The minimum Gasteiger partial charge on any atom is -0.465 e. The SMILES string of the molecule is COC(=O)c1ccc(-c2c3nc(c(-c4n(C)cc[n+]4C)c4ccc([nH]4)c(-c4ccc(C(=O)OC)cc4)c4nc(c(-c5n(C)cc[n+]5C)c5ccc2[nH]5)C=C4)C=C3)cc1. The predicted molar refractivity (Wildman–Crippen MR) is 224 cm³/mol. The molecule has 2 aromatic carbocycles. The molecule has 58 heavy (non-hydrogen) atoms. The number of aryl methyl sites for hydroxylation is 4. The van der Waals surface area contributed by atoms with Gasteiger partial charge in [-0.15, -0.1) is 0 Å². The smallest absolute Gasteiger partial charge is 0.337 e. The van der Waals surface area contributed by atoms with Crippen LogP contribution in [0.15, 0.2) is 97.6 Å². The van der Waals surface area contributed by atoms with Gasteiger partial charge in [-0.3, -0.25) is 0 Å². The number of hydrogen-bond acceptors (Lipinski definition) is 6. The largest absolute Gasteiger partial charge is 0.465 e. The first-order chi connectivity index (χ1) is 28.1. The van der Waals surface area contributed by atoms with Crippen LogP contribution >= 0.6 is 0 Å². The number of hydrogen-bond donors (Lipinski definition) is 2. The molecule has 0 saturated heterocycles. The van der Waals surface area contributed by atoms with Gasteiger partial charge in [0.25, 0.3) is 11.6 Å². The molecule has 0 atom stereocenters. The van der Waals surface area contributed by atoms with Crippen molar-refractivity contribution < 1.29 is 28.2 Å². The molecule has 0 saturated carbocycles. The van der Waals surface area contributed by atoms with Gasteiger partial charge in [0.2, 0.25) is 0 Å². The monoisotopic (exact) mass is 768 g/mol. The quantitative estimate of drug-likeness (QED) is 0.136. The summed E-state index contributed by atoms with van der Waals surface area (Å²) in [6, 6.07) is 23.1. The molecule has 0 fully saturated rings. The fourth-order valence-electron chi connectivity index (χ4n) is 7.95. The van der Waals surface area contributed by atoms with Gasteiger partial charge in [-0.2, -0.15) is 0 Å². The predicted octanol–water partition coefficient (Wildman–Crippen LogP) is 7.22. The van der Waals surface area contributed by atoms with Crippen molar-refractivity contribution in [1.82, 2.24) is 29.1 Å². The van der Waals surface area contributed by atoms with E-state index in [9.17, 15) is 9.59 Å². The first-order valence-electron chi connectivity index (χ1n) is 18.7. The lowest BCUT2D eigenvalue weighted by molar-refractivity contribution is -0.659. The van der Waals surface area contributed by atoms with Gasteiger partial charge >= 0.3 is 11.9 Å². The Labute approximate surface area is 333 Å². The molecule has 2 aliphatic rings. The molecule has 0 aliphatic carbocycles. The fraction of sp³-hybridized carbons (Fsp3) is 0.130. The van der Waals surface area contributed by atoms with Gasteiger partial charge in [-0.25, -0.2) is 37.8 Å². The Balaban J connectivity index is 1.45. The number of ether oxygens (including phenoxy) is 2. The molecule has 0 amide bonds. The van der Waals surface area contributed by atoms with Crippen molar-refractivity contribution >= 4 is 58.3 Å². The highest BCUT2D eigenvalue weighted by Gasteiger charge is 2.26. The Morgan fingerprint density at radius 3 is 1.16 bits per heavy atom. The number of aromatic nitrogens is 8. The zero-order valence-electron chi connectivity index (χ0n) is 32.9. The number of nitrogens with zero attached hydrogens (tertiary/aromatic N) is 6. The summed E-state index contributed by atoms with van der Waals surface area (Å²) in [5, 5.41) is 0. The second-order valence-electron chi connectivity index (χ2n) is 14.3. The van der Waals surface area contributed by atoms with Crippen LogP contribution < -0.4 is 9.13 Å².